The van der Waals surface area contributed by atoms with Gasteiger partial charge in [0, 0.05) is 6.04 Å². The molecule has 0 aromatic heterocycles. The van der Waals surface area contributed by atoms with Gasteiger partial charge in [0.05, 0.1) is 11.1 Å². The molecule has 7 nitrogen and oxygen atoms in total. The van der Waals surface area contributed by atoms with Crippen LogP contribution in [-0.2, 0) is 14.3 Å². The van der Waals surface area contributed by atoms with Crippen LogP contribution in [0, 0.1) is 6.92 Å². The van der Waals surface area contributed by atoms with Crippen molar-refractivity contribution < 1.29 is 23.9 Å². The fourth-order valence-corrected chi connectivity index (χ4v) is 3.55. The topological polar surface area (TPSA) is 92.8 Å². The summed E-state index contributed by atoms with van der Waals surface area (Å²) in [6.45, 7) is 4.74. The van der Waals surface area contributed by atoms with Crippen LogP contribution >= 0.6 is 0 Å². The van der Waals surface area contributed by atoms with Crippen LogP contribution < -0.4 is 5.32 Å². The van der Waals surface area contributed by atoms with Crippen molar-refractivity contribution in [2.24, 2.45) is 0 Å². The fourth-order valence-electron chi connectivity index (χ4n) is 3.55. The molecule has 1 heterocycles. The highest BCUT2D eigenvalue weighted by Gasteiger charge is 2.42. The fraction of sp³-hybridized carbons (Fsp3) is 0.500. The third kappa shape index (κ3) is 3.72. The highest BCUT2D eigenvalue weighted by atomic mass is 16.5. The second-order valence-corrected chi connectivity index (χ2v) is 7.27. The monoisotopic (exact) mass is 372 g/mol. The number of nitrogens with one attached hydrogen (secondary N) is 1. The largest absolute Gasteiger partial charge is 0.451 e. The predicted octanol–water partition coefficient (Wildman–Crippen LogP) is 1.97. The Balaban J connectivity index is 1.64. The minimum Gasteiger partial charge on any atom is -0.451 e. The summed E-state index contributed by atoms with van der Waals surface area (Å²) in [5.74, 6) is -2.19. The first kappa shape index (κ1) is 19.1. The minimum absolute atomic E-state index is 0.121. The van der Waals surface area contributed by atoms with Crippen LogP contribution in [0.5, 0.6) is 0 Å². The Morgan fingerprint density at radius 1 is 1.11 bits per heavy atom. The zero-order valence-corrected chi connectivity index (χ0v) is 15.8. The molecule has 2 atom stereocenters. The molecule has 3 amide bonds. The molecule has 0 radical (unpaired) electrons. The number of ether oxygens (including phenoxy) is 1. The molecule has 27 heavy (non-hydrogen) atoms. The second-order valence-electron chi connectivity index (χ2n) is 7.27. The highest BCUT2D eigenvalue weighted by molar-refractivity contribution is 6.22. The Bertz CT molecular complexity index is 798. The Kier molecular flexibility index (Phi) is 5.30. The predicted molar refractivity (Wildman–Crippen MR) is 97.1 cm³/mol. The summed E-state index contributed by atoms with van der Waals surface area (Å²) >= 11 is 0. The molecule has 7 heteroatoms. The number of imide groups is 1. The van der Waals surface area contributed by atoms with E-state index in [-0.39, 0.29) is 23.1 Å². The van der Waals surface area contributed by atoms with Crippen molar-refractivity contribution in [3.63, 3.8) is 0 Å². The van der Waals surface area contributed by atoms with E-state index in [1.54, 1.807) is 18.2 Å². The molecule has 2 unspecified atom stereocenters. The maximum absolute atomic E-state index is 12.6. The van der Waals surface area contributed by atoms with E-state index in [0.29, 0.717) is 0 Å². The maximum atomic E-state index is 12.6. The van der Waals surface area contributed by atoms with Gasteiger partial charge in [0.2, 0.25) is 0 Å². The third-order valence-corrected chi connectivity index (χ3v) is 5.17. The van der Waals surface area contributed by atoms with Gasteiger partial charge in [-0.3, -0.25) is 19.3 Å². The number of rotatable bonds is 5. The van der Waals surface area contributed by atoms with Gasteiger partial charge in [0.15, 0.2) is 6.10 Å². The number of benzene rings is 1. The normalized spacial score (nSPS) is 19.0. The van der Waals surface area contributed by atoms with Crippen LogP contribution in [0.25, 0.3) is 0 Å². The molecule has 1 aromatic carbocycles. The molecular formula is C20H24N2O5. The maximum Gasteiger partial charge on any atom is 0.329 e. The molecule has 1 aliphatic carbocycles. The Hall–Kier alpha value is -2.70. The van der Waals surface area contributed by atoms with Gasteiger partial charge in [-0.2, -0.15) is 0 Å². The first-order valence-corrected chi connectivity index (χ1v) is 9.29. The molecule has 2 aliphatic rings. The molecular weight excluding hydrogens is 348 g/mol. The number of hydrogen-bond acceptors (Lipinski definition) is 5. The average molecular weight is 372 g/mol. The number of fused-ring (bicyclic) bond motifs is 1. The smallest absolute Gasteiger partial charge is 0.329 e. The first-order chi connectivity index (χ1) is 12.8. The number of carbonyl (C=O) groups excluding carboxylic acids is 4. The molecule has 1 N–H and O–H groups in total. The Morgan fingerprint density at radius 3 is 2.41 bits per heavy atom. The number of nitrogens with zero attached hydrogens (tertiary/aromatic N) is 1. The van der Waals surface area contributed by atoms with Crippen LogP contribution in [0.3, 0.4) is 0 Å². The number of esters is 1. The molecule has 144 valence electrons. The summed E-state index contributed by atoms with van der Waals surface area (Å²) in [6.07, 6.45) is 3.03. The molecule has 0 saturated heterocycles. The van der Waals surface area contributed by atoms with E-state index in [0.717, 1.165) is 36.1 Å². The molecule has 0 bridgehead atoms. The van der Waals surface area contributed by atoms with E-state index in [1.807, 2.05) is 6.92 Å². The van der Waals surface area contributed by atoms with Crippen molar-refractivity contribution in [3.05, 3.63) is 34.9 Å². The molecule has 1 fully saturated rings. The molecule has 0 spiro atoms. The lowest BCUT2D eigenvalue weighted by Crippen LogP contribution is -2.47. The summed E-state index contributed by atoms with van der Waals surface area (Å²) in [6, 6.07) is 3.97. The summed E-state index contributed by atoms with van der Waals surface area (Å²) in [7, 11) is 0. The van der Waals surface area contributed by atoms with E-state index in [9.17, 15) is 19.2 Å². The lowest BCUT2D eigenvalue weighted by Gasteiger charge is -2.23. The summed E-state index contributed by atoms with van der Waals surface area (Å²) in [5, 5.41) is 2.87. The van der Waals surface area contributed by atoms with Gasteiger partial charge in [-0.15, -0.1) is 0 Å². The second kappa shape index (κ2) is 7.50. The Morgan fingerprint density at radius 2 is 1.74 bits per heavy atom. The average Bonchev–Trinajstić information content (AvgIpc) is 3.21. The van der Waals surface area contributed by atoms with Crippen molar-refractivity contribution in [3.8, 4) is 0 Å². The van der Waals surface area contributed by atoms with Gasteiger partial charge in [0.25, 0.3) is 17.7 Å². The zero-order chi connectivity index (χ0) is 19.7. The minimum atomic E-state index is -1.11. The van der Waals surface area contributed by atoms with E-state index >= 15 is 0 Å². The van der Waals surface area contributed by atoms with Gasteiger partial charge >= 0.3 is 5.97 Å². The summed E-state index contributed by atoms with van der Waals surface area (Å²) in [4.78, 5) is 50.6. The van der Waals surface area contributed by atoms with Gasteiger partial charge in [-0.25, -0.2) is 4.79 Å². The standard InChI is InChI=1S/C20H24N2O5/c1-11-8-9-15-16(10-11)19(25)22(18(15)24)12(2)20(26)27-13(3)17(23)21-14-6-4-5-7-14/h8-10,12-14H,4-7H2,1-3H3,(H,21,23). The lowest BCUT2D eigenvalue weighted by atomic mass is 10.1. The number of carbonyl (C=O) groups is 4. The van der Waals surface area contributed by atoms with Crippen molar-refractivity contribution in [1.82, 2.24) is 10.2 Å². The van der Waals surface area contributed by atoms with Gasteiger partial charge in [-0.1, -0.05) is 24.5 Å². The third-order valence-electron chi connectivity index (χ3n) is 5.17. The van der Waals surface area contributed by atoms with Crippen molar-refractivity contribution in [2.45, 2.75) is 64.6 Å². The van der Waals surface area contributed by atoms with Crippen LogP contribution in [0.1, 0.15) is 65.8 Å². The lowest BCUT2D eigenvalue weighted by molar-refractivity contribution is -0.158. The van der Waals surface area contributed by atoms with Crippen LogP contribution in [0.4, 0.5) is 0 Å². The van der Waals surface area contributed by atoms with E-state index in [4.69, 9.17) is 4.74 Å². The van der Waals surface area contributed by atoms with Crippen molar-refractivity contribution >= 4 is 23.7 Å². The van der Waals surface area contributed by atoms with E-state index in [1.165, 1.54) is 13.8 Å². The van der Waals surface area contributed by atoms with Crippen LogP contribution in [-0.4, -0.2) is 46.8 Å². The summed E-state index contributed by atoms with van der Waals surface area (Å²) in [5.41, 5.74) is 1.41. The van der Waals surface area contributed by atoms with Crippen molar-refractivity contribution in [1.29, 1.82) is 0 Å². The summed E-state index contributed by atoms with van der Waals surface area (Å²) < 4.78 is 5.22. The Labute approximate surface area is 158 Å². The number of amides is 3. The van der Waals surface area contributed by atoms with Gasteiger partial charge < -0.3 is 10.1 Å². The van der Waals surface area contributed by atoms with Crippen molar-refractivity contribution in [2.75, 3.05) is 0 Å². The number of aryl methyl sites for hydroxylation is 1. The zero-order valence-electron chi connectivity index (χ0n) is 15.8. The molecule has 3 rings (SSSR count). The van der Waals surface area contributed by atoms with E-state index in [2.05, 4.69) is 5.32 Å². The van der Waals surface area contributed by atoms with Crippen LogP contribution in [0.15, 0.2) is 18.2 Å². The molecule has 1 aliphatic heterocycles. The van der Waals surface area contributed by atoms with Gasteiger partial charge in [-0.05, 0) is 45.7 Å². The SMILES string of the molecule is Cc1ccc2c(c1)C(=O)N(C(C)C(=O)OC(C)C(=O)NC1CCCC1)C2=O. The van der Waals surface area contributed by atoms with Crippen LogP contribution in [0.2, 0.25) is 0 Å². The van der Waals surface area contributed by atoms with Gasteiger partial charge in [0.1, 0.15) is 6.04 Å². The molecule has 1 saturated carbocycles. The number of hydrogen-bond donors (Lipinski definition) is 1. The quantitative estimate of drug-likeness (QED) is 0.630. The first-order valence-electron chi connectivity index (χ1n) is 9.29. The highest BCUT2D eigenvalue weighted by Crippen LogP contribution is 2.26. The van der Waals surface area contributed by atoms with E-state index < -0.39 is 29.9 Å². The molecule has 1 aromatic rings.